The number of halogens is 1. The first-order chi connectivity index (χ1) is 12.7. The van der Waals surface area contributed by atoms with Crippen LogP contribution in [0.1, 0.15) is 33.2 Å². The van der Waals surface area contributed by atoms with Crippen LogP contribution in [0.2, 0.25) is 0 Å². The van der Waals surface area contributed by atoms with Crippen LogP contribution in [0.15, 0.2) is 11.1 Å². The third kappa shape index (κ3) is 2.23. The number of H-pyrrole nitrogens is 1. The fourth-order valence-electron chi connectivity index (χ4n) is 4.52. The molecule has 4 N–H and O–H groups in total. The molecule has 2 aromatic heterocycles. The summed E-state index contributed by atoms with van der Waals surface area (Å²) in [5, 5.41) is 22.6. The van der Waals surface area contributed by atoms with Gasteiger partial charge in [-0.3, -0.25) is 19.9 Å². The van der Waals surface area contributed by atoms with Gasteiger partial charge in [-0.25, -0.2) is 9.37 Å². The summed E-state index contributed by atoms with van der Waals surface area (Å²) in [5.74, 6) is -0.681. The second-order valence-electron chi connectivity index (χ2n) is 8.13. The summed E-state index contributed by atoms with van der Waals surface area (Å²) in [5.41, 5.74) is -1.99. The highest BCUT2D eigenvalue weighted by molar-refractivity contribution is 5.91. The zero-order valence-electron chi connectivity index (χ0n) is 15.2. The van der Waals surface area contributed by atoms with Gasteiger partial charge >= 0.3 is 0 Å². The zero-order valence-corrected chi connectivity index (χ0v) is 15.2. The van der Waals surface area contributed by atoms with E-state index in [4.69, 9.17) is 0 Å². The predicted octanol–water partition coefficient (Wildman–Crippen LogP) is 0.356. The Morgan fingerprint density at radius 1 is 1.56 bits per heavy atom. The monoisotopic (exact) mass is 379 g/mol. The van der Waals surface area contributed by atoms with E-state index in [0.29, 0.717) is 6.42 Å². The molecule has 2 aliphatic rings. The summed E-state index contributed by atoms with van der Waals surface area (Å²) >= 11 is 0. The van der Waals surface area contributed by atoms with Crippen LogP contribution in [0.5, 0.6) is 0 Å². The number of anilines is 1. The standard InChI is InChI=1S/C17H22FN5O4/c1-7(2)13(26)21-15-20-12-9(14(27)22-15)19-6-23(12)10-8(18)11(25)17(5-24)4-16(10,17)3/h6-8,10-11,24-25H,4-5H2,1-3H3,(H2,20,21,22,26,27)/t8-,10-,11-,16?,17+/m0/s1. The van der Waals surface area contributed by atoms with E-state index in [1.807, 2.05) is 0 Å². The summed E-state index contributed by atoms with van der Waals surface area (Å²) in [6.07, 6.45) is -1.16. The van der Waals surface area contributed by atoms with Gasteiger partial charge in [0.25, 0.3) is 5.56 Å². The van der Waals surface area contributed by atoms with Crippen LogP contribution in [0.3, 0.4) is 0 Å². The Morgan fingerprint density at radius 2 is 2.26 bits per heavy atom. The van der Waals surface area contributed by atoms with Crippen LogP contribution in [0.4, 0.5) is 10.3 Å². The summed E-state index contributed by atoms with van der Waals surface area (Å²) < 4.78 is 16.4. The smallest absolute Gasteiger partial charge is 0.280 e. The molecule has 5 atom stereocenters. The molecule has 2 fully saturated rings. The number of rotatable bonds is 4. The molecule has 2 heterocycles. The van der Waals surface area contributed by atoms with E-state index in [0.717, 1.165) is 0 Å². The first-order valence-electron chi connectivity index (χ1n) is 8.87. The van der Waals surface area contributed by atoms with Gasteiger partial charge in [0.2, 0.25) is 11.9 Å². The molecule has 0 aliphatic heterocycles. The fraction of sp³-hybridized carbons (Fsp3) is 0.647. The lowest BCUT2D eigenvalue weighted by atomic mass is 9.95. The van der Waals surface area contributed by atoms with E-state index < -0.39 is 34.7 Å². The van der Waals surface area contributed by atoms with Crippen molar-refractivity contribution in [3.8, 4) is 0 Å². The number of alkyl halides is 1. The number of carbonyl (C=O) groups is 1. The highest BCUT2D eigenvalue weighted by Crippen LogP contribution is 2.77. The van der Waals surface area contributed by atoms with Crippen LogP contribution in [-0.4, -0.2) is 54.5 Å². The van der Waals surface area contributed by atoms with Crippen LogP contribution in [0, 0.1) is 16.7 Å². The minimum Gasteiger partial charge on any atom is -0.396 e. The second-order valence-corrected chi connectivity index (χ2v) is 8.13. The number of hydrogen-bond donors (Lipinski definition) is 4. The summed E-state index contributed by atoms with van der Waals surface area (Å²) in [6.45, 7) is 4.88. The number of carbonyl (C=O) groups excluding carboxylic acids is 1. The van der Waals surface area contributed by atoms with Crippen molar-refractivity contribution in [3.05, 3.63) is 16.7 Å². The van der Waals surface area contributed by atoms with Crippen molar-refractivity contribution in [2.45, 2.75) is 45.5 Å². The maximum absolute atomic E-state index is 15.0. The summed E-state index contributed by atoms with van der Waals surface area (Å²) in [4.78, 5) is 35.0. The van der Waals surface area contributed by atoms with Crippen molar-refractivity contribution in [3.63, 3.8) is 0 Å². The van der Waals surface area contributed by atoms with E-state index in [9.17, 15) is 24.2 Å². The number of amides is 1. The van der Waals surface area contributed by atoms with E-state index in [1.54, 1.807) is 20.8 Å². The number of fused-ring (bicyclic) bond motifs is 2. The van der Waals surface area contributed by atoms with Gasteiger partial charge < -0.3 is 14.8 Å². The van der Waals surface area contributed by atoms with Crippen molar-refractivity contribution >= 4 is 23.0 Å². The molecule has 27 heavy (non-hydrogen) atoms. The van der Waals surface area contributed by atoms with Crippen LogP contribution in [0.25, 0.3) is 11.2 Å². The van der Waals surface area contributed by atoms with Crippen LogP contribution >= 0.6 is 0 Å². The van der Waals surface area contributed by atoms with E-state index >= 15 is 0 Å². The van der Waals surface area contributed by atoms with E-state index in [2.05, 4.69) is 20.3 Å². The van der Waals surface area contributed by atoms with E-state index in [-0.39, 0.29) is 35.5 Å². The number of nitrogens with one attached hydrogen (secondary N) is 2. The predicted molar refractivity (Wildman–Crippen MR) is 93.8 cm³/mol. The van der Waals surface area contributed by atoms with Crippen molar-refractivity contribution < 1.29 is 19.4 Å². The molecule has 2 saturated carbocycles. The molecule has 1 unspecified atom stereocenters. The molecular formula is C17H22FN5O4. The normalized spacial score (nSPS) is 34.9. The van der Waals surface area contributed by atoms with Gasteiger partial charge in [-0.05, 0) is 6.42 Å². The van der Waals surface area contributed by atoms with Crippen molar-refractivity contribution in [1.29, 1.82) is 0 Å². The lowest BCUT2D eigenvalue weighted by Crippen LogP contribution is -2.32. The van der Waals surface area contributed by atoms with Gasteiger partial charge in [0, 0.05) is 16.7 Å². The number of nitrogens with zero attached hydrogens (tertiary/aromatic N) is 3. The summed E-state index contributed by atoms with van der Waals surface area (Å²) in [7, 11) is 0. The SMILES string of the molecule is CC(C)C(=O)Nc1nc2c(ncn2[C@H]2[C@H](F)[C@H](O)[C@]3(CO)CC23C)c(=O)[nH]1. The van der Waals surface area contributed by atoms with Crippen molar-refractivity contribution in [1.82, 2.24) is 19.5 Å². The fourth-order valence-corrected chi connectivity index (χ4v) is 4.52. The first-order valence-corrected chi connectivity index (χ1v) is 8.87. The van der Waals surface area contributed by atoms with Gasteiger partial charge in [-0.1, -0.05) is 20.8 Å². The highest BCUT2D eigenvalue weighted by atomic mass is 19.1. The lowest BCUT2D eigenvalue weighted by molar-refractivity contribution is -0.118. The Labute approximate surface area is 153 Å². The molecule has 9 nitrogen and oxygen atoms in total. The van der Waals surface area contributed by atoms with Gasteiger partial charge in [-0.15, -0.1) is 0 Å². The number of aliphatic hydroxyl groups is 2. The third-order valence-corrected chi connectivity index (χ3v) is 6.30. The molecule has 2 aromatic rings. The zero-order chi connectivity index (χ0) is 19.7. The Bertz CT molecular complexity index is 987. The van der Waals surface area contributed by atoms with Gasteiger partial charge in [-0.2, -0.15) is 4.98 Å². The Hall–Kier alpha value is -2.33. The largest absolute Gasteiger partial charge is 0.396 e. The molecule has 0 aromatic carbocycles. The summed E-state index contributed by atoms with van der Waals surface area (Å²) in [6, 6.07) is -0.826. The second kappa shape index (κ2) is 5.59. The molecule has 10 heteroatoms. The molecule has 4 rings (SSSR count). The Balaban J connectivity index is 1.81. The van der Waals surface area contributed by atoms with Gasteiger partial charge in [0.1, 0.15) is 6.17 Å². The van der Waals surface area contributed by atoms with Crippen LogP contribution in [-0.2, 0) is 4.79 Å². The minimum absolute atomic E-state index is 0.0185. The Kier molecular flexibility index (Phi) is 3.73. The highest BCUT2D eigenvalue weighted by Gasteiger charge is 2.79. The quantitative estimate of drug-likeness (QED) is 0.606. The van der Waals surface area contributed by atoms with Crippen molar-refractivity contribution in [2.75, 3.05) is 11.9 Å². The average Bonchev–Trinajstić information content (AvgIpc) is 2.94. The Morgan fingerprint density at radius 3 is 2.85 bits per heavy atom. The molecule has 0 spiro atoms. The average molecular weight is 379 g/mol. The maximum atomic E-state index is 15.0. The van der Waals surface area contributed by atoms with Crippen LogP contribution < -0.4 is 10.9 Å². The number of imidazole rings is 1. The van der Waals surface area contributed by atoms with Gasteiger partial charge in [0.15, 0.2) is 11.2 Å². The first kappa shape index (κ1) is 18.1. The number of aliphatic hydroxyl groups excluding tert-OH is 2. The lowest BCUT2D eigenvalue weighted by Gasteiger charge is -2.24. The van der Waals surface area contributed by atoms with Crippen molar-refractivity contribution in [2.24, 2.45) is 16.7 Å². The molecule has 146 valence electrons. The molecule has 2 aliphatic carbocycles. The van der Waals surface area contributed by atoms with E-state index in [1.165, 1.54) is 10.9 Å². The maximum Gasteiger partial charge on any atom is 0.280 e. The molecule has 0 saturated heterocycles. The van der Waals surface area contributed by atoms with Gasteiger partial charge in [0.05, 0.1) is 25.1 Å². The minimum atomic E-state index is -1.64. The molecule has 1 amide bonds. The number of aromatic nitrogens is 4. The number of hydrogen-bond acceptors (Lipinski definition) is 6. The number of aromatic amines is 1. The topological polar surface area (TPSA) is 133 Å². The third-order valence-electron chi connectivity index (χ3n) is 6.30. The molecular weight excluding hydrogens is 357 g/mol. The molecule has 0 radical (unpaired) electrons. The molecule has 0 bridgehead atoms.